The van der Waals surface area contributed by atoms with Crippen molar-refractivity contribution in [2.45, 2.75) is 38.8 Å². The van der Waals surface area contributed by atoms with Gasteiger partial charge in [0.15, 0.2) is 0 Å². The van der Waals surface area contributed by atoms with Crippen LogP contribution in [0.3, 0.4) is 0 Å². The van der Waals surface area contributed by atoms with E-state index in [1.54, 1.807) is 13.8 Å². The van der Waals surface area contributed by atoms with Crippen LogP contribution in [0.2, 0.25) is 0 Å². The predicted octanol–water partition coefficient (Wildman–Crippen LogP) is 1.92. The summed E-state index contributed by atoms with van der Waals surface area (Å²) in [6.45, 7) is 4.12. The smallest absolute Gasteiger partial charge is 0.326 e. The second kappa shape index (κ2) is 6.72. The molecule has 2 rings (SSSR count). The Labute approximate surface area is 124 Å². The number of amides is 1. The maximum Gasteiger partial charge on any atom is 0.326 e. The summed E-state index contributed by atoms with van der Waals surface area (Å²) in [5.74, 6) is -1.47. The number of carboxylic acid groups (broad SMARTS) is 1. The van der Waals surface area contributed by atoms with E-state index in [1.165, 1.54) is 5.56 Å². The van der Waals surface area contributed by atoms with Crippen LogP contribution < -0.4 is 5.32 Å². The lowest BCUT2D eigenvalue weighted by Gasteiger charge is -2.26. The van der Waals surface area contributed by atoms with Crippen molar-refractivity contribution in [1.29, 1.82) is 0 Å². The van der Waals surface area contributed by atoms with Crippen molar-refractivity contribution in [3.05, 3.63) is 35.4 Å². The first-order valence-corrected chi connectivity index (χ1v) is 7.20. The molecule has 1 aliphatic rings. The highest BCUT2D eigenvalue weighted by molar-refractivity contribution is 5.84. The van der Waals surface area contributed by atoms with E-state index >= 15 is 0 Å². The number of aliphatic carboxylic acids is 1. The van der Waals surface area contributed by atoms with Crippen molar-refractivity contribution < 1.29 is 19.4 Å². The molecular weight excluding hydrogens is 270 g/mol. The standard InChI is InChI=1S/C16H21NO4/c1-10(2)15(16(19)20)17-14(18)9-13-12-6-4-3-5-11(12)7-8-21-13/h3-6,10,13,15H,7-9H2,1-2H3,(H,17,18)(H,19,20)/t13?,15-/m1/s1. The number of hydrogen-bond donors (Lipinski definition) is 2. The number of nitrogens with one attached hydrogen (secondary N) is 1. The van der Waals surface area contributed by atoms with Crippen LogP contribution in [-0.2, 0) is 20.7 Å². The Hall–Kier alpha value is -1.88. The van der Waals surface area contributed by atoms with Gasteiger partial charge in [-0.05, 0) is 23.5 Å². The second-order valence-corrected chi connectivity index (χ2v) is 5.64. The zero-order valence-electron chi connectivity index (χ0n) is 12.3. The van der Waals surface area contributed by atoms with E-state index in [9.17, 15) is 9.59 Å². The van der Waals surface area contributed by atoms with Crippen LogP contribution in [0, 0.1) is 5.92 Å². The normalized spacial score (nSPS) is 18.9. The summed E-state index contributed by atoms with van der Waals surface area (Å²) in [7, 11) is 0. The molecule has 1 aromatic rings. The van der Waals surface area contributed by atoms with Crippen molar-refractivity contribution in [3.63, 3.8) is 0 Å². The summed E-state index contributed by atoms with van der Waals surface area (Å²) >= 11 is 0. The number of carbonyl (C=O) groups excluding carboxylic acids is 1. The molecule has 1 heterocycles. The first kappa shape index (κ1) is 15.5. The molecule has 5 heteroatoms. The Balaban J connectivity index is 2.02. The fourth-order valence-electron chi connectivity index (χ4n) is 2.56. The van der Waals surface area contributed by atoms with Gasteiger partial charge in [0.1, 0.15) is 6.04 Å². The Morgan fingerprint density at radius 3 is 2.76 bits per heavy atom. The van der Waals surface area contributed by atoms with Crippen molar-refractivity contribution in [2.24, 2.45) is 5.92 Å². The van der Waals surface area contributed by atoms with E-state index in [1.807, 2.05) is 24.3 Å². The summed E-state index contributed by atoms with van der Waals surface area (Å²) < 4.78 is 5.67. The van der Waals surface area contributed by atoms with Gasteiger partial charge >= 0.3 is 5.97 Å². The number of benzene rings is 1. The molecule has 0 spiro atoms. The Kier molecular flexibility index (Phi) is 4.96. The minimum Gasteiger partial charge on any atom is -0.480 e. The molecule has 5 nitrogen and oxygen atoms in total. The molecule has 21 heavy (non-hydrogen) atoms. The lowest BCUT2D eigenvalue weighted by atomic mass is 9.95. The van der Waals surface area contributed by atoms with E-state index in [0.29, 0.717) is 6.61 Å². The van der Waals surface area contributed by atoms with Gasteiger partial charge in [0.05, 0.1) is 19.1 Å². The van der Waals surface area contributed by atoms with Crippen molar-refractivity contribution in [1.82, 2.24) is 5.32 Å². The Bertz CT molecular complexity index is 527. The highest BCUT2D eigenvalue weighted by Gasteiger charge is 2.27. The quantitative estimate of drug-likeness (QED) is 0.869. The number of ether oxygens (including phenoxy) is 1. The lowest BCUT2D eigenvalue weighted by molar-refractivity contribution is -0.143. The molecule has 1 aliphatic heterocycles. The molecule has 1 aromatic carbocycles. The Morgan fingerprint density at radius 2 is 2.10 bits per heavy atom. The lowest BCUT2D eigenvalue weighted by Crippen LogP contribution is -2.44. The summed E-state index contributed by atoms with van der Waals surface area (Å²) in [6.07, 6.45) is 0.697. The molecule has 0 saturated carbocycles. The molecule has 1 unspecified atom stereocenters. The average molecular weight is 291 g/mol. The minimum atomic E-state index is -1.01. The molecule has 114 valence electrons. The summed E-state index contributed by atoms with van der Waals surface area (Å²) in [5, 5.41) is 11.7. The third-order valence-electron chi connectivity index (χ3n) is 3.71. The van der Waals surface area contributed by atoms with E-state index in [4.69, 9.17) is 9.84 Å². The maximum atomic E-state index is 12.1. The summed E-state index contributed by atoms with van der Waals surface area (Å²) in [4.78, 5) is 23.2. The average Bonchev–Trinajstić information content (AvgIpc) is 2.44. The predicted molar refractivity (Wildman–Crippen MR) is 77.9 cm³/mol. The summed E-state index contributed by atoms with van der Waals surface area (Å²) in [5.41, 5.74) is 2.22. The van der Waals surface area contributed by atoms with Crippen LogP contribution in [0.4, 0.5) is 0 Å². The number of hydrogen-bond acceptors (Lipinski definition) is 3. The van der Waals surface area contributed by atoms with Gasteiger partial charge in [0.25, 0.3) is 0 Å². The largest absolute Gasteiger partial charge is 0.480 e. The van der Waals surface area contributed by atoms with Gasteiger partial charge in [0.2, 0.25) is 5.91 Å². The van der Waals surface area contributed by atoms with Crippen LogP contribution in [0.1, 0.15) is 37.5 Å². The SMILES string of the molecule is CC(C)[C@@H](NC(=O)CC1OCCc2ccccc21)C(=O)O. The van der Waals surface area contributed by atoms with Crippen LogP contribution in [0.5, 0.6) is 0 Å². The molecule has 0 fully saturated rings. The third kappa shape index (κ3) is 3.82. The number of carbonyl (C=O) groups is 2. The zero-order valence-corrected chi connectivity index (χ0v) is 12.3. The van der Waals surface area contributed by atoms with Crippen molar-refractivity contribution in [3.8, 4) is 0 Å². The first-order chi connectivity index (χ1) is 9.99. The van der Waals surface area contributed by atoms with Gasteiger partial charge in [0, 0.05) is 0 Å². The molecule has 0 aliphatic carbocycles. The van der Waals surface area contributed by atoms with Crippen LogP contribution in [-0.4, -0.2) is 29.6 Å². The monoisotopic (exact) mass is 291 g/mol. The molecule has 1 amide bonds. The van der Waals surface area contributed by atoms with Gasteiger partial charge in [-0.1, -0.05) is 38.1 Å². The topological polar surface area (TPSA) is 75.6 Å². The van der Waals surface area contributed by atoms with E-state index in [0.717, 1.165) is 12.0 Å². The molecular formula is C16H21NO4. The molecule has 0 radical (unpaired) electrons. The summed E-state index contributed by atoms with van der Waals surface area (Å²) in [6, 6.07) is 7.03. The molecule has 2 N–H and O–H groups in total. The van der Waals surface area contributed by atoms with E-state index in [-0.39, 0.29) is 24.3 Å². The van der Waals surface area contributed by atoms with Crippen LogP contribution in [0.15, 0.2) is 24.3 Å². The third-order valence-corrected chi connectivity index (χ3v) is 3.71. The van der Waals surface area contributed by atoms with Gasteiger partial charge in [-0.15, -0.1) is 0 Å². The second-order valence-electron chi connectivity index (χ2n) is 5.64. The number of fused-ring (bicyclic) bond motifs is 1. The molecule has 0 saturated heterocycles. The molecule has 2 atom stereocenters. The first-order valence-electron chi connectivity index (χ1n) is 7.20. The Morgan fingerprint density at radius 1 is 1.38 bits per heavy atom. The zero-order chi connectivity index (χ0) is 15.4. The van der Waals surface area contributed by atoms with Gasteiger partial charge < -0.3 is 15.2 Å². The van der Waals surface area contributed by atoms with Crippen LogP contribution in [0.25, 0.3) is 0 Å². The molecule has 0 bridgehead atoms. The molecule has 0 aromatic heterocycles. The fourth-order valence-corrected chi connectivity index (χ4v) is 2.56. The van der Waals surface area contributed by atoms with Gasteiger partial charge in [-0.3, -0.25) is 4.79 Å². The fraction of sp³-hybridized carbons (Fsp3) is 0.500. The maximum absolute atomic E-state index is 12.1. The van der Waals surface area contributed by atoms with E-state index in [2.05, 4.69) is 5.32 Å². The van der Waals surface area contributed by atoms with Crippen LogP contribution >= 0.6 is 0 Å². The number of carboxylic acids is 1. The van der Waals surface area contributed by atoms with Gasteiger partial charge in [-0.2, -0.15) is 0 Å². The van der Waals surface area contributed by atoms with Gasteiger partial charge in [-0.25, -0.2) is 4.79 Å². The van der Waals surface area contributed by atoms with E-state index < -0.39 is 12.0 Å². The highest BCUT2D eigenvalue weighted by Crippen LogP contribution is 2.29. The minimum absolute atomic E-state index is 0.146. The van der Waals surface area contributed by atoms with Crippen molar-refractivity contribution in [2.75, 3.05) is 6.61 Å². The number of rotatable bonds is 5. The highest BCUT2D eigenvalue weighted by atomic mass is 16.5. The van der Waals surface area contributed by atoms with Crippen molar-refractivity contribution >= 4 is 11.9 Å².